The fourth-order valence-electron chi connectivity index (χ4n) is 0.617. The minimum Gasteiger partial charge on any atom is -0.299 e. The lowest BCUT2D eigenvalue weighted by molar-refractivity contribution is 0.277. The van der Waals surface area contributed by atoms with E-state index < -0.39 is 0 Å². The summed E-state index contributed by atoms with van der Waals surface area (Å²) < 4.78 is 5.11. The van der Waals surface area contributed by atoms with Crippen LogP contribution in [0.3, 0.4) is 0 Å². The minimum absolute atomic E-state index is 0.0775. The van der Waals surface area contributed by atoms with Gasteiger partial charge in [-0.2, -0.15) is 0 Å². The molecule has 1 aliphatic rings. The highest BCUT2D eigenvalue weighted by atomic mass is 32.2. The van der Waals surface area contributed by atoms with Crippen molar-refractivity contribution in [3.8, 4) is 12.3 Å². The average molecular weight is 128 g/mol. The third-order valence-corrected chi connectivity index (χ3v) is 1.89. The lowest BCUT2D eigenvalue weighted by Crippen LogP contribution is -2.10. The van der Waals surface area contributed by atoms with Crippen LogP contribution in [0.4, 0.5) is 0 Å². The Hall–Kier alpha value is -0.130. The van der Waals surface area contributed by atoms with Crippen LogP contribution in [0.5, 0.6) is 0 Å². The van der Waals surface area contributed by atoms with E-state index in [-0.39, 0.29) is 6.10 Å². The average Bonchev–Trinajstić information content (AvgIpc) is 1.90. The lowest BCUT2D eigenvalue weighted by atomic mass is 10.2. The van der Waals surface area contributed by atoms with Crippen LogP contribution in [0.2, 0.25) is 0 Å². The molecule has 0 amide bonds. The number of hydrogen-bond donors (Lipinski definition) is 0. The standard InChI is InChI=1S/C6H8OS/c1-2-6-4-3-5-8-7-6/h1,6H,3-5H2. The highest BCUT2D eigenvalue weighted by Crippen LogP contribution is 2.19. The van der Waals surface area contributed by atoms with E-state index in [9.17, 15) is 0 Å². The molecule has 1 fully saturated rings. The van der Waals surface area contributed by atoms with Gasteiger partial charge in [0.15, 0.2) is 0 Å². The maximum Gasteiger partial charge on any atom is 0.132 e. The largest absolute Gasteiger partial charge is 0.299 e. The van der Waals surface area contributed by atoms with Gasteiger partial charge in [0, 0.05) is 5.75 Å². The zero-order chi connectivity index (χ0) is 5.82. The molecule has 1 nitrogen and oxygen atoms in total. The van der Waals surface area contributed by atoms with Gasteiger partial charge in [-0.1, -0.05) is 5.92 Å². The molecule has 2 heteroatoms. The first kappa shape index (κ1) is 6.00. The molecular formula is C6H8OS. The molecule has 1 atom stereocenters. The Kier molecular flexibility index (Phi) is 2.26. The summed E-state index contributed by atoms with van der Waals surface area (Å²) >= 11 is 1.49. The second-order valence-electron chi connectivity index (χ2n) is 1.72. The molecule has 0 aromatic heterocycles. The normalized spacial score (nSPS) is 29.1. The molecule has 1 heterocycles. The van der Waals surface area contributed by atoms with Crippen molar-refractivity contribution in [1.82, 2.24) is 0 Å². The molecule has 8 heavy (non-hydrogen) atoms. The first-order valence-corrected chi connectivity index (χ1v) is 3.59. The first-order valence-electron chi connectivity index (χ1n) is 2.68. The molecule has 1 unspecified atom stereocenters. The summed E-state index contributed by atoms with van der Waals surface area (Å²) in [6.45, 7) is 0. The summed E-state index contributed by atoms with van der Waals surface area (Å²) in [5.74, 6) is 3.66. The van der Waals surface area contributed by atoms with Gasteiger partial charge in [0.2, 0.25) is 0 Å². The van der Waals surface area contributed by atoms with Gasteiger partial charge in [0.25, 0.3) is 0 Å². The molecule has 1 rings (SSSR count). The summed E-state index contributed by atoms with van der Waals surface area (Å²) in [5, 5.41) is 0. The predicted octanol–water partition coefficient (Wildman–Crippen LogP) is 1.45. The smallest absolute Gasteiger partial charge is 0.132 e. The van der Waals surface area contributed by atoms with Crippen molar-refractivity contribution in [2.24, 2.45) is 0 Å². The fraction of sp³-hybridized carbons (Fsp3) is 0.667. The molecule has 1 saturated heterocycles. The number of hydrogen-bond acceptors (Lipinski definition) is 2. The fourth-order valence-corrected chi connectivity index (χ4v) is 1.31. The van der Waals surface area contributed by atoms with E-state index in [0.717, 1.165) is 12.2 Å². The molecule has 0 radical (unpaired) electrons. The van der Waals surface area contributed by atoms with Crippen molar-refractivity contribution in [1.29, 1.82) is 0 Å². The van der Waals surface area contributed by atoms with Crippen molar-refractivity contribution in [2.45, 2.75) is 18.9 Å². The van der Waals surface area contributed by atoms with Crippen LogP contribution in [0.15, 0.2) is 0 Å². The molecule has 44 valence electrons. The second kappa shape index (κ2) is 3.01. The van der Waals surface area contributed by atoms with E-state index in [4.69, 9.17) is 10.6 Å². The Bertz CT molecular complexity index is 99.6. The molecular weight excluding hydrogens is 120 g/mol. The van der Waals surface area contributed by atoms with Crippen LogP contribution in [0.25, 0.3) is 0 Å². The van der Waals surface area contributed by atoms with Crippen molar-refractivity contribution < 1.29 is 4.18 Å². The third kappa shape index (κ3) is 1.43. The van der Waals surface area contributed by atoms with Crippen molar-refractivity contribution in [3.05, 3.63) is 0 Å². The van der Waals surface area contributed by atoms with E-state index in [1.54, 1.807) is 0 Å². The Balaban J connectivity index is 2.25. The predicted molar refractivity (Wildman–Crippen MR) is 35.4 cm³/mol. The van der Waals surface area contributed by atoms with Crippen LogP contribution >= 0.6 is 12.0 Å². The maximum atomic E-state index is 5.11. The van der Waals surface area contributed by atoms with Crippen molar-refractivity contribution in [2.75, 3.05) is 5.75 Å². The zero-order valence-corrected chi connectivity index (χ0v) is 5.41. The molecule has 0 saturated carbocycles. The Labute approximate surface area is 54.0 Å². The van der Waals surface area contributed by atoms with Gasteiger partial charge >= 0.3 is 0 Å². The van der Waals surface area contributed by atoms with Gasteiger partial charge < -0.3 is 0 Å². The molecule has 0 aromatic carbocycles. The van der Waals surface area contributed by atoms with Crippen LogP contribution in [0.1, 0.15) is 12.8 Å². The molecule has 0 spiro atoms. The summed E-state index contributed by atoms with van der Waals surface area (Å²) in [6, 6.07) is 0. The highest BCUT2D eigenvalue weighted by Gasteiger charge is 2.10. The highest BCUT2D eigenvalue weighted by molar-refractivity contribution is 7.94. The van der Waals surface area contributed by atoms with E-state index in [2.05, 4.69) is 5.92 Å². The van der Waals surface area contributed by atoms with Crippen LogP contribution in [-0.2, 0) is 4.18 Å². The summed E-state index contributed by atoms with van der Waals surface area (Å²) in [7, 11) is 0. The van der Waals surface area contributed by atoms with Gasteiger partial charge in [-0.15, -0.1) is 6.42 Å². The third-order valence-electron chi connectivity index (χ3n) is 1.06. The lowest BCUT2D eigenvalue weighted by Gasteiger charge is -2.14. The van der Waals surface area contributed by atoms with E-state index in [0.29, 0.717) is 0 Å². The van der Waals surface area contributed by atoms with Crippen molar-refractivity contribution in [3.63, 3.8) is 0 Å². The van der Waals surface area contributed by atoms with Crippen LogP contribution in [-0.4, -0.2) is 11.9 Å². The monoisotopic (exact) mass is 128 g/mol. The first-order chi connectivity index (χ1) is 3.93. The van der Waals surface area contributed by atoms with Gasteiger partial charge in [0.1, 0.15) is 6.10 Å². The van der Waals surface area contributed by atoms with Gasteiger partial charge in [-0.25, -0.2) is 0 Å². The number of rotatable bonds is 0. The second-order valence-corrected chi connectivity index (χ2v) is 2.55. The van der Waals surface area contributed by atoms with E-state index >= 15 is 0 Å². The van der Waals surface area contributed by atoms with Crippen LogP contribution in [0, 0.1) is 12.3 Å². The maximum absolute atomic E-state index is 5.11. The minimum atomic E-state index is 0.0775. The van der Waals surface area contributed by atoms with Gasteiger partial charge in [-0.3, -0.25) is 4.18 Å². The number of terminal acetylenes is 1. The van der Waals surface area contributed by atoms with Gasteiger partial charge in [0.05, 0.1) is 0 Å². The quantitative estimate of drug-likeness (QED) is 0.360. The molecule has 0 N–H and O–H groups in total. The Morgan fingerprint density at radius 2 is 2.62 bits per heavy atom. The van der Waals surface area contributed by atoms with Crippen LogP contribution < -0.4 is 0 Å². The van der Waals surface area contributed by atoms with E-state index in [1.807, 2.05) is 0 Å². The summed E-state index contributed by atoms with van der Waals surface area (Å²) in [6.07, 6.45) is 7.42. The van der Waals surface area contributed by atoms with E-state index in [1.165, 1.54) is 18.5 Å². The Morgan fingerprint density at radius 3 is 3.00 bits per heavy atom. The molecule has 1 aliphatic heterocycles. The summed E-state index contributed by atoms with van der Waals surface area (Å²) in [4.78, 5) is 0. The Morgan fingerprint density at radius 1 is 1.75 bits per heavy atom. The van der Waals surface area contributed by atoms with Gasteiger partial charge in [-0.05, 0) is 24.9 Å². The zero-order valence-electron chi connectivity index (χ0n) is 4.59. The molecule has 0 bridgehead atoms. The SMILES string of the molecule is C#CC1CCCSO1. The molecule has 0 aliphatic carbocycles. The molecule has 0 aromatic rings. The van der Waals surface area contributed by atoms with Crippen molar-refractivity contribution >= 4 is 12.0 Å². The summed E-state index contributed by atoms with van der Waals surface area (Å²) in [5.41, 5.74) is 0. The topological polar surface area (TPSA) is 9.23 Å².